The number of benzene rings is 1. The van der Waals surface area contributed by atoms with E-state index in [1.807, 2.05) is 0 Å². The normalized spacial score (nSPS) is 14.1. The fourth-order valence-corrected chi connectivity index (χ4v) is 2.03. The van der Waals surface area contributed by atoms with Gasteiger partial charge >= 0.3 is 0 Å². The molecule has 1 aliphatic carbocycles. The molecule has 0 N–H and O–H groups in total. The van der Waals surface area contributed by atoms with Crippen LogP contribution in [0.4, 0.5) is 0 Å². The van der Waals surface area contributed by atoms with Crippen molar-refractivity contribution in [3.63, 3.8) is 0 Å². The Morgan fingerprint density at radius 2 is 2.00 bits per heavy atom. The fourth-order valence-electron chi connectivity index (χ4n) is 2.03. The SMILES string of the molecule is C#CCCOc1ccc2c(c1)CCCC2. The van der Waals surface area contributed by atoms with Crippen molar-refractivity contribution < 1.29 is 4.74 Å². The van der Waals surface area contributed by atoms with Crippen molar-refractivity contribution >= 4 is 0 Å². The highest BCUT2D eigenvalue weighted by Crippen LogP contribution is 2.25. The second-order valence-electron chi connectivity index (χ2n) is 3.94. The fraction of sp³-hybridized carbons (Fsp3) is 0.429. The lowest BCUT2D eigenvalue weighted by atomic mass is 9.92. The molecule has 0 heterocycles. The van der Waals surface area contributed by atoms with Gasteiger partial charge in [0.25, 0.3) is 0 Å². The molecule has 1 nitrogen and oxygen atoms in total. The Morgan fingerprint density at radius 1 is 1.20 bits per heavy atom. The van der Waals surface area contributed by atoms with Gasteiger partial charge in [-0.15, -0.1) is 12.3 Å². The van der Waals surface area contributed by atoms with Crippen LogP contribution in [0.25, 0.3) is 0 Å². The molecule has 0 saturated heterocycles. The first-order valence-corrected chi connectivity index (χ1v) is 5.58. The molecule has 0 saturated carbocycles. The summed E-state index contributed by atoms with van der Waals surface area (Å²) in [6.07, 6.45) is 10.9. The average molecular weight is 200 g/mol. The van der Waals surface area contributed by atoms with Crippen molar-refractivity contribution in [2.45, 2.75) is 32.1 Å². The van der Waals surface area contributed by atoms with Crippen molar-refractivity contribution in [3.8, 4) is 18.1 Å². The van der Waals surface area contributed by atoms with Crippen LogP contribution in [-0.2, 0) is 12.8 Å². The molecule has 1 aliphatic rings. The van der Waals surface area contributed by atoms with Gasteiger partial charge in [-0.1, -0.05) is 6.07 Å². The van der Waals surface area contributed by atoms with E-state index in [0.29, 0.717) is 13.0 Å². The van der Waals surface area contributed by atoms with Gasteiger partial charge in [-0.2, -0.15) is 0 Å². The molecule has 1 aromatic carbocycles. The van der Waals surface area contributed by atoms with Crippen LogP contribution >= 0.6 is 0 Å². The Labute approximate surface area is 91.5 Å². The van der Waals surface area contributed by atoms with Gasteiger partial charge in [0.2, 0.25) is 0 Å². The highest BCUT2D eigenvalue weighted by atomic mass is 16.5. The third-order valence-electron chi connectivity index (χ3n) is 2.84. The second kappa shape index (κ2) is 4.89. The van der Waals surface area contributed by atoms with E-state index in [-0.39, 0.29) is 0 Å². The minimum Gasteiger partial charge on any atom is -0.493 e. The van der Waals surface area contributed by atoms with E-state index in [0.717, 1.165) is 5.75 Å². The Balaban J connectivity index is 2.04. The lowest BCUT2D eigenvalue weighted by Crippen LogP contribution is -2.03. The van der Waals surface area contributed by atoms with Crippen LogP contribution in [0.15, 0.2) is 18.2 Å². The molecule has 78 valence electrons. The topological polar surface area (TPSA) is 9.23 Å². The van der Waals surface area contributed by atoms with Gasteiger partial charge in [0.1, 0.15) is 5.75 Å². The molecule has 1 heteroatoms. The summed E-state index contributed by atoms with van der Waals surface area (Å²) in [5.41, 5.74) is 2.95. The number of hydrogen-bond donors (Lipinski definition) is 0. The van der Waals surface area contributed by atoms with Gasteiger partial charge in [-0.25, -0.2) is 0 Å². The molecule has 15 heavy (non-hydrogen) atoms. The quantitative estimate of drug-likeness (QED) is 0.538. The van der Waals surface area contributed by atoms with E-state index in [1.165, 1.54) is 36.8 Å². The van der Waals surface area contributed by atoms with E-state index in [9.17, 15) is 0 Å². The van der Waals surface area contributed by atoms with Crippen LogP contribution in [0.2, 0.25) is 0 Å². The Kier molecular flexibility index (Phi) is 3.29. The van der Waals surface area contributed by atoms with Gasteiger partial charge < -0.3 is 4.74 Å². The van der Waals surface area contributed by atoms with E-state index in [2.05, 4.69) is 24.1 Å². The molecule has 0 fully saturated rings. The van der Waals surface area contributed by atoms with Gasteiger partial charge in [0, 0.05) is 6.42 Å². The van der Waals surface area contributed by atoms with Crippen molar-refractivity contribution in [2.24, 2.45) is 0 Å². The number of terminal acetylenes is 1. The molecule has 0 spiro atoms. The first-order chi connectivity index (χ1) is 7.40. The highest BCUT2D eigenvalue weighted by molar-refractivity contribution is 5.37. The summed E-state index contributed by atoms with van der Waals surface area (Å²) in [5.74, 6) is 3.54. The Hall–Kier alpha value is -1.42. The van der Waals surface area contributed by atoms with Gasteiger partial charge in [-0.3, -0.25) is 0 Å². The third-order valence-corrected chi connectivity index (χ3v) is 2.84. The van der Waals surface area contributed by atoms with Crippen molar-refractivity contribution in [1.29, 1.82) is 0 Å². The van der Waals surface area contributed by atoms with Gasteiger partial charge in [0.15, 0.2) is 0 Å². The maximum Gasteiger partial charge on any atom is 0.119 e. The summed E-state index contributed by atoms with van der Waals surface area (Å²) in [6.45, 7) is 0.620. The standard InChI is InChI=1S/C14H16O/c1-2-3-10-15-14-9-8-12-6-4-5-7-13(12)11-14/h1,8-9,11H,3-7,10H2. The molecular formula is C14H16O. The van der Waals surface area contributed by atoms with Crippen LogP contribution in [0, 0.1) is 12.3 Å². The summed E-state index contributed by atoms with van der Waals surface area (Å²) in [4.78, 5) is 0. The second-order valence-corrected chi connectivity index (χ2v) is 3.94. The molecule has 0 amide bonds. The lowest BCUT2D eigenvalue weighted by Gasteiger charge is -2.16. The monoisotopic (exact) mass is 200 g/mol. The van der Waals surface area contributed by atoms with Crippen LogP contribution in [0.3, 0.4) is 0 Å². The molecule has 1 aromatic rings. The van der Waals surface area contributed by atoms with E-state index >= 15 is 0 Å². The maximum absolute atomic E-state index is 5.57. The lowest BCUT2D eigenvalue weighted by molar-refractivity contribution is 0.326. The Morgan fingerprint density at radius 3 is 2.80 bits per heavy atom. The van der Waals surface area contributed by atoms with E-state index < -0.39 is 0 Å². The molecule has 0 bridgehead atoms. The predicted octanol–water partition coefficient (Wildman–Crippen LogP) is 2.97. The maximum atomic E-state index is 5.57. The van der Waals surface area contributed by atoms with E-state index in [4.69, 9.17) is 11.2 Å². The molecule has 0 atom stereocenters. The predicted molar refractivity (Wildman–Crippen MR) is 62.0 cm³/mol. The van der Waals surface area contributed by atoms with Crippen molar-refractivity contribution in [1.82, 2.24) is 0 Å². The Bertz CT molecular complexity index is 373. The molecular weight excluding hydrogens is 184 g/mol. The van der Waals surface area contributed by atoms with Gasteiger partial charge in [-0.05, 0) is 48.9 Å². The minimum atomic E-state index is 0.620. The van der Waals surface area contributed by atoms with Crippen molar-refractivity contribution in [2.75, 3.05) is 6.61 Å². The molecule has 2 rings (SSSR count). The van der Waals surface area contributed by atoms with Crippen LogP contribution in [0.1, 0.15) is 30.4 Å². The summed E-state index contributed by atoms with van der Waals surface area (Å²) in [7, 11) is 0. The van der Waals surface area contributed by atoms with Crippen LogP contribution in [-0.4, -0.2) is 6.61 Å². The number of ether oxygens (including phenoxy) is 1. The summed E-state index contributed by atoms with van der Waals surface area (Å²) < 4.78 is 5.57. The first kappa shape index (κ1) is 10.1. The number of fused-ring (bicyclic) bond motifs is 1. The summed E-state index contributed by atoms with van der Waals surface area (Å²) in [5, 5.41) is 0. The molecule has 0 aromatic heterocycles. The zero-order valence-corrected chi connectivity index (χ0v) is 8.96. The number of aryl methyl sites for hydroxylation is 2. The number of rotatable bonds is 3. The molecule has 0 radical (unpaired) electrons. The van der Waals surface area contributed by atoms with Crippen LogP contribution < -0.4 is 4.74 Å². The summed E-state index contributed by atoms with van der Waals surface area (Å²) >= 11 is 0. The summed E-state index contributed by atoms with van der Waals surface area (Å²) in [6, 6.07) is 6.42. The zero-order valence-electron chi connectivity index (χ0n) is 8.96. The largest absolute Gasteiger partial charge is 0.493 e. The molecule has 0 aliphatic heterocycles. The third kappa shape index (κ3) is 2.53. The average Bonchev–Trinajstić information content (AvgIpc) is 2.29. The van der Waals surface area contributed by atoms with E-state index in [1.54, 1.807) is 0 Å². The first-order valence-electron chi connectivity index (χ1n) is 5.58. The highest BCUT2D eigenvalue weighted by Gasteiger charge is 2.09. The number of hydrogen-bond acceptors (Lipinski definition) is 1. The zero-order chi connectivity index (χ0) is 10.5. The van der Waals surface area contributed by atoms with Crippen LogP contribution in [0.5, 0.6) is 5.75 Å². The smallest absolute Gasteiger partial charge is 0.119 e. The van der Waals surface area contributed by atoms with Crippen molar-refractivity contribution in [3.05, 3.63) is 29.3 Å². The van der Waals surface area contributed by atoms with Gasteiger partial charge in [0.05, 0.1) is 6.61 Å². The molecule has 0 unspecified atom stereocenters. The minimum absolute atomic E-state index is 0.620.